The predicted octanol–water partition coefficient (Wildman–Crippen LogP) is 3.30. The van der Waals surface area contributed by atoms with Crippen LogP contribution in [0.2, 0.25) is 0 Å². The second kappa shape index (κ2) is 9.28. The van der Waals surface area contributed by atoms with Gasteiger partial charge < -0.3 is 10.6 Å². The Morgan fingerprint density at radius 2 is 1.80 bits per heavy atom. The highest BCUT2D eigenvalue weighted by atomic mass is 32.2. The third-order valence-electron chi connectivity index (χ3n) is 3.89. The zero-order chi connectivity index (χ0) is 18.2. The summed E-state index contributed by atoms with van der Waals surface area (Å²) in [5, 5.41) is 0. The van der Waals surface area contributed by atoms with Crippen molar-refractivity contribution in [3.63, 3.8) is 0 Å². The molecular formula is C20H24N2O2S. The van der Waals surface area contributed by atoms with Crippen LogP contribution in [0.3, 0.4) is 0 Å². The first-order chi connectivity index (χ1) is 12.0. The van der Waals surface area contributed by atoms with Crippen LogP contribution < -0.4 is 5.73 Å². The molecule has 2 amide bonds. The van der Waals surface area contributed by atoms with Gasteiger partial charge in [0.15, 0.2) is 0 Å². The molecule has 0 atom stereocenters. The molecule has 0 heterocycles. The number of carbonyl (C=O) groups is 2. The number of benzene rings is 2. The first-order valence-corrected chi connectivity index (χ1v) is 9.24. The molecule has 0 fully saturated rings. The van der Waals surface area contributed by atoms with Gasteiger partial charge in [-0.25, -0.2) is 0 Å². The second-order valence-corrected chi connectivity index (χ2v) is 7.09. The maximum absolute atomic E-state index is 12.7. The van der Waals surface area contributed by atoms with Crippen molar-refractivity contribution in [2.75, 3.05) is 12.3 Å². The van der Waals surface area contributed by atoms with Crippen LogP contribution in [0.15, 0.2) is 53.4 Å². The Balaban J connectivity index is 2.03. The Hall–Kier alpha value is -2.27. The number of hydrogen-bond donors (Lipinski definition) is 1. The van der Waals surface area contributed by atoms with E-state index in [1.54, 1.807) is 4.90 Å². The normalized spacial score (nSPS) is 10.5. The van der Waals surface area contributed by atoms with Crippen molar-refractivity contribution in [2.45, 2.75) is 31.7 Å². The molecule has 0 aliphatic heterocycles. The maximum atomic E-state index is 12.7. The third kappa shape index (κ3) is 6.27. The molecule has 0 aliphatic rings. The Morgan fingerprint density at radius 3 is 2.48 bits per heavy atom. The number of amides is 2. The molecule has 0 aliphatic carbocycles. The summed E-state index contributed by atoms with van der Waals surface area (Å²) in [4.78, 5) is 26.6. The highest BCUT2D eigenvalue weighted by Gasteiger charge is 2.16. The summed E-state index contributed by atoms with van der Waals surface area (Å²) in [5.74, 6) is -0.0420. The van der Waals surface area contributed by atoms with E-state index in [1.165, 1.54) is 17.3 Å². The van der Waals surface area contributed by atoms with Gasteiger partial charge in [0.1, 0.15) is 0 Å². The molecule has 0 aromatic heterocycles. The lowest BCUT2D eigenvalue weighted by atomic mass is 10.2. The molecule has 2 aromatic carbocycles. The third-order valence-corrected chi connectivity index (χ3v) is 5.03. The number of rotatable bonds is 8. The molecular weight excluding hydrogens is 332 g/mol. The smallest absolute Gasteiger partial charge is 0.233 e. The molecule has 0 unspecified atom stereocenters. The molecule has 4 nitrogen and oxygen atoms in total. The van der Waals surface area contributed by atoms with Gasteiger partial charge in [0.05, 0.1) is 5.75 Å². The van der Waals surface area contributed by atoms with Crippen LogP contribution in [0.25, 0.3) is 0 Å². The Kier molecular flexibility index (Phi) is 7.07. The predicted molar refractivity (Wildman–Crippen MR) is 102 cm³/mol. The van der Waals surface area contributed by atoms with Crippen molar-refractivity contribution in [3.05, 3.63) is 65.2 Å². The first-order valence-electron chi connectivity index (χ1n) is 8.26. The van der Waals surface area contributed by atoms with E-state index in [0.717, 1.165) is 16.0 Å². The fourth-order valence-corrected chi connectivity index (χ4v) is 3.46. The lowest BCUT2D eigenvalue weighted by Gasteiger charge is -2.22. The van der Waals surface area contributed by atoms with Crippen molar-refractivity contribution < 1.29 is 9.59 Å². The van der Waals surface area contributed by atoms with Crippen LogP contribution in [0, 0.1) is 13.8 Å². The molecule has 0 spiro atoms. The van der Waals surface area contributed by atoms with Crippen LogP contribution in [0.1, 0.15) is 23.1 Å². The zero-order valence-corrected chi connectivity index (χ0v) is 15.5. The van der Waals surface area contributed by atoms with Crippen molar-refractivity contribution >= 4 is 23.6 Å². The molecule has 132 valence electrons. The highest BCUT2D eigenvalue weighted by molar-refractivity contribution is 8.00. The fraction of sp³-hybridized carbons (Fsp3) is 0.300. The van der Waals surface area contributed by atoms with E-state index < -0.39 is 5.91 Å². The van der Waals surface area contributed by atoms with Crippen molar-refractivity contribution in [1.29, 1.82) is 0 Å². The fourth-order valence-electron chi connectivity index (χ4n) is 2.43. The molecule has 0 bridgehead atoms. The van der Waals surface area contributed by atoms with Crippen LogP contribution in [0.5, 0.6) is 0 Å². The van der Waals surface area contributed by atoms with Crippen molar-refractivity contribution in [1.82, 2.24) is 4.90 Å². The van der Waals surface area contributed by atoms with Crippen LogP contribution >= 0.6 is 11.8 Å². The number of nitrogens with zero attached hydrogens (tertiary/aromatic N) is 1. The molecule has 0 saturated heterocycles. The summed E-state index contributed by atoms with van der Waals surface area (Å²) < 4.78 is 0. The van der Waals surface area contributed by atoms with E-state index in [-0.39, 0.29) is 12.3 Å². The molecule has 2 aromatic rings. The minimum Gasteiger partial charge on any atom is -0.370 e. The monoisotopic (exact) mass is 356 g/mol. The van der Waals surface area contributed by atoms with Gasteiger partial charge in [0.25, 0.3) is 0 Å². The minimum atomic E-state index is -0.395. The van der Waals surface area contributed by atoms with Gasteiger partial charge in [0.2, 0.25) is 11.8 Å². The summed E-state index contributed by atoms with van der Waals surface area (Å²) in [6.45, 7) is 4.91. The SMILES string of the molecule is Cc1ccc(C)c(SCC(=O)N(CCC(N)=O)Cc2ccccc2)c1. The quantitative estimate of drug-likeness (QED) is 0.738. The van der Waals surface area contributed by atoms with Gasteiger partial charge in [0, 0.05) is 24.4 Å². The summed E-state index contributed by atoms with van der Waals surface area (Å²) in [7, 11) is 0. The van der Waals surface area contributed by atoms with Gasteiger partial charge in [-0.1, -0.05) is 48.0 Å². The number of nitrogens with two attached hydrogens (primary N) is 1. The number of primary amides is 1. The molecule has 0 radical (unpaired) electrons. The van der Waals surface area contributed by atoms with E-state index in [9.17, 15) is 9.59 Å². The van der Waals surface area contributed by atoms with Crippen LogP contribution in [-0.2, 0) is 16.1 Å². The van der Waals surface area contributed by atoms with Gasteiger partial charge in [-0.15, -0.1) is 11.8 Å². The Bertz CT molecular complexity index is 732. The number of carbonyl (C=O) groups excluding carboxylic acids is 2. The van der Waals surface area contributed by atoms with Crippen LogP contribution in [0.4, 0.5) is 0 Å². The Labute approximate surface area is 153 Å². The molecule has 2 rings (SSSR count). The molecule has 0 saturated carbocycles. The van der Waals surface area contributed by atoms with E-state index in [4.69, 9.17) is 5.73 Å². The summed E-state index contributed by atoms with van der Waals surface area (Å²) in [6.07, 6.45) is 0.173. The number of thioether (sulfide) groups is 1. The van der Waals surface area contributed by atoms with Gasteiger partial charge in [-0.2, -0.15) is 0 Å². The van der Waals surface area contributed by atoms with E-state index >= 15 is 0 Å². The number of aryl methyl sites for hydroxylation is 2. The first kappa shape index (κ1) is 19.1. The summed E-state index contributed by atoms with van der Waals surface area (Å²) >= 11 is 1.54. The van der Waals surface area contributed by atoms with Gasteiger partial charge >= 0.3 is 0 Å². The summed E-state index contributed by atoms with van der Waals surface area (Å²) in [6, 6.07) is 16.0. The zero-order valence-electron chi connectivity index (χ0n) is 14.7. The standard InChI is InChI=1S/C20H24N2O2S/c1-15-8-9-16(2)18(12-15)25-14-20(24)22(11-10-19(21)23)13-17-6-4-3-5-7-17/h3-9,12H,10-11,13-14H2,1-2H3,(H2,21,23). The van der Waals surface area contributed by atoms with Crippen molar-refractivity contribution in [2.24, 2.45) is 5.73 Å². The van der Waals surface area contributed by atoms with E-state index in [1.807, 2.05) is 44.2 Å². The molecule has 25 heavy (non-hydrogen) atoms. The molecule has 2 N–H and O–H groups in total. The van der Waals surface area contributed by atoms with E-state index in [2.05, 4.69) is 18.2 Å². The average molecular weight is 356 g/mol. The summed E-state index contributed by atoms with van der Waals surface area (Å²) in [5.41, 5.74) is 8.63. The van der Waals surface area contributed by atoms with Gasteiger partial charge in [-0.3, -0.25) is 9.59 Å². The average Bonchev–Trinajstić information content (AvgIpc) is 2.59. The van der Waals surface area contributed by atoms with Gasteiger partial charge in [-0.05, 0) is 31.0 Å². The minimum absolute atomic E-state index is 0.0102. The van der Waals surface area contributed by atoms with E-state index in [0.29, 0.717) is 18.8 Å². The Morgan fingerprint density at radius 1 is 1.08 bits per heavy atom. The largest absolute Gasteiger partial charge is 0.370 e. The number of hydrogen-bond acceptors (Lipinski definition) is 3. The van der Waals surface area contributed by atoms with Crippen LogP contribution in [-0.4, -0.2) is 29.0 Å². The maximum Gasteiger partial charge on any atom is 0.233 e. The highest BCUT2D eigenvalue weighted by Crippen LogP contribution is 2.24. The lowest BCUT2D eigenvalue weighted by Crippen LogP contribution is -2.34. The topological polar surface area (TPSA) is 63.4 Å². The lowest BCUT2D eigenvalue weighted by molar-refractivity contribution is -0.129. The van der Waals surface area contributed by atoms with Crippen molar-refractivity contribution in [3.8, 4) is 0 Å². The second-order valence-electron chi connectivity index (χ2n) is 6.07. The molecule has 5 heteroatoms.